The number of amides is 1. The van der Waals surface area contributed by atoms with Crippen molar-refractivity contribution < 1.29 is 22.7 Å². The highest BCUT2D eigenvalue weighted by molar-refractivity contribution is 7.15. The number of hydrogen-bond acceptors (Lipinski definition) is 5. The first-order valence-electron chi connectivity index (χ1n) is 9.31. The van der Waals surface area contributed by atoms with Crippen LogP contribution in [-0.4, -0.2) is 39.8 Å². The number of fused-ring (bicyclic) bond motifs is 1. The fourth-order valence-electron chi connectivity index (χ4n) is 3.26. The van der Waals surface area contributed by atoms with Gasteiger partial charge in [0.05, 0.1) is 22.9 Å². The van der Waals surface area contributed by atoms with Gasteiger partial charge < -0.3 is 10.1 Å². The number of rotatable bonds is 5. The predicted octanol–water partition coefficient (Wildman–Crippen LogP) is 3.95. The van der Waals surface area contributed by atoms with Crippen LogP contribution in [0.3, 0.4) is 0 Å². The minimum absolute atomic E-state index is 0.00242. The van der Waals surface area contributed by atoms with Gasteiger partial charge in [0.1, 0.15) is 5.56 Å². The standard InChI is InChI=1S/C19H19F3N4O2S/c1-2-12-5-6-15(29-12)14-8-16(19(20,21)22)26-17(25-14)13(10-24-26)18(27)23-9-11-4-3-7-28-11/h5-6,8,10-11H,2-4,7,9H2,1H3,(H,23,27). The molecular formula is C19H19F3N4O2S. The molecule has 0 aromatic carbocycles. The first kappa shape index (κ1) is 19.8. The maximum atomic E-state index is 13.6. The quantitative estimate of drug-likeness (QED) is 0.674. The molecule has 29 heavy (non-hydrogen) atoms. The molecule has 1 aliphatic rings. The third kappa shape index (κ3) is 3.99. The van der Waals surface area contributed by atoms with Gasteiger partial charge >= 0.3 is 6.18 Å². The monoisotopic (exact) mass is 424 g/mol. The summed E-state index contributed by atoms with van der Waals surface area (Å²) in [6, 6.07) is 4.58. The second-order valence-corrected chi connectivity index (χ2v) is 7.95. The maximum absolute atomic E-state index is 13.6. The zero-order valence-corrected chi connectivity index (χ0v) is 16.4. The Kier molecular flexibility index (Phi) is 5.30. The molecule has 0 bridgehead atoms. The van der Waals surface area contributed by atoms with Crippen LogP contribution in [-0.2, 0) is 17.3 Å². The summed E-state index contributed by atoms with van der Waals surface area (Å²) in [6.07, 6.45) is -1.04. The number of nitrogens with one attached hydrogen (secondary N) is 1. The molecule has 1 saturated heterocycles. The number of ether oxygens (including phenoxy) is 1. The minimum Gasteiger partial charge on any atom is -0.376 e. The van der Waals surface area contributed by atoms with Crippen LogP contribution in [0.5, 0.6) is 0 Å². The second-order valence-electron chi connectivity index (χ2n) is 6.78. The van der Waals surface area contributed by atoms with E-state index >= 15 is 0 Å². The third-order valence-electron chi connectivity index (χ3n) is 4.78. The van der Waals surface area contributed by atoms with Gasteiger partial charge in [0.2, 0.25) is 0 Å². The number of aryl methyl sites for hydroxylation is 1. The van der Waals surface area contributed by atoms with E-state index in [0.29, 0.717) is 22.5 Å². The molecule has 4 rings (SSSR count). The summed E-state index contributed by atoms with van der Waals surface area (Å²) >= 11 is 1.38. The Bertz CT molecular complexity index is 1040. The van der Waals surface area contributed by atoms with E-state index < -0.39 is 17.8 Å². The highest BCUT2D eigenvalue weighted by Gasteiger charge is 2.36. The molecule has 1 atom stereocenters. The van der Waals surface area contributed by atoms with Crippen molar-refractivity contribution in [1.82, 2.24) is 19.9 Å². The summed E-state index contributed by atoms with van der Waals surface area (Å²) < 4.78 is 47.1. The highest BCUT2D eigenvalue weighted by Crippen LogP contribution is 2.34. The van der Waals surface area contributed by atoms with Gasteiger partial charge in [-0.2, -0.15) is 18.3 Å². The Morgan fingerprint density at radius 1 is 1.41 bits per heavy atom. The van der Waals surface area contributed by atoms with Gasteiger partial charge in [-0.25, -0.2) is 9.50 Å². The van der Waals surface area contributed by atoms with E-state index in [4.69, 9.17) is 4.74 Å². The Morgan fingerprint density at radius 3 is 2.90 bits per heavy atom. The van der Waals surface area contributed by atoms with Crippen LogP contribution in [0.25, 0.3) is 16.2 Å². The lowest BCUT2D eigenvalue weighted by molar-refractivity contribution is -0.142. The summed E-state index contributed by atoms with van der Waals surface area (Å²) in [6.45, 7) is 2.92. The van der Waals surface area contributed by atoms with Gasteiger partial charge in [-0.15, -0.1) is 11.3 Å². The van der Waals surface area contributed by atoms with Crippen molar-refractivity contribution in [2.75, 3.05) is 13.2 Å². The number of carbonyl (C=O) groups excluding carboxylic acids is 1. The van der Waals surface area contributed by atoms with E-state index in [1.807, 2.05) is 13.0 Å². The molecule has 4 heterocycles. The lowest BCUT2D eigenvalue weighted by Gasteiger charge is -2.12. The fraction of sp³-hybridized carbons (Fsp3) is 0.421. The first-order valence-corrected chi connectivity index (χ1v) is 10.1. The van der Waals surface area contributed by atoms with Crippen LogP contribution in [0.2, 0.25) is 0 Å². The number of thiophene rings is 1. The van der Waals surface area contributed by atoms with Gasteiger partial charge in [0, 0.05) is 18.0 Å². The molecule has 1 aliphatic heterocycles. The highest BCUT2D eigenvalue weighted by atomic mass is 32.1. The van der Waals surface area contributed by atoms with Crippen molar-refractivity contribution >= 4 is 22.9 Å². The van der Waals surface area contributed by atoms with Crippen LogP contribution in [0.1, 0.15) is 40.7 Å². The van der Waals surface area contributed by atoms with Gasteiger partial charge in [-0.05, 0) is 37.5 Å². The smallest absolute Gasteiger partial charge is 0.376 e. The molecule has 0 saturated carbocycles. The summed E-state index contributed by atoms with van der Waals surface area (Å²) in [5, 5.41) is 6.50. The van der Waals surface area contributed by atoms with E-state index in [1.165, 1.54) is 11.3 Å². The van der Waals surface area contributed by atoms with Crippen LogP contribution < -0.4 is 5.32 Å². The van der Waals surface area contributed by atoms with Crippen molar-refractivity contribution in [3.63, 3.8) is 0 Å². The SMILES string of the molecule is CCc1ccc(-c2cc(C(F)(F)F)n3ncc(C(=O)NCC4CCCO4)c3n2)s1. The van der Waals surface area contributed by atoms with Gasteiger partial charge in [-0.3, -0.25) is 4.79 Å². The lowest BCUT2D eigenvalue weighted by Crippen LogP contribution is -2.31. The first-order chi connectivity index (χ1) is 13.9. The number of alkyl halides is 3. The van der Waals surface area contributed by atoms with E-state index in [0.717, 1.165) is 36.4 Å². The average molecular weight is 424 g/mol. The normalized spacial score (nSPS) is 17.2. The molecule has 0 radical (unpaired) electrons. The molecular weight excluding hydrogens is 405 g/mol. The van der Waals surface area contributed by atoms with E-state index in [2.05, 4.69) is 15.4 Å². The molecule has 1 unspecified atom stereocenters. The Labute approximate surface area is 168 Å². The molecule has 3 aromatic rings. The van der Waals surface area contributed by atoms with Gasteiger partial charge in [-0.1, -0.05) is 6.92 Å². The Balaban J connectivity index is 1.74. The van der Waals surface area contributed by atoms with Gasteiger partial charge in [0.25, 0.3) is 5.91 Å². The number of hydrogen-bond donors (Lipinski definition) is 1. The Morgan fingerprint density at radius 2 is 2.24 bits per heavy atom. The van der Waals surface area contributed by atoms with Gasteiger partial charge in [0.15, 0.2) is 11.3 Å². The van der Waals surface area contributed by atoms with Crippen LogP contribution in [0.15, 0.2) is 24.4 Å². The van der Waals surface area contributed by atoms with Crippen molar-refractivity contribution in [2.45, 2.75) is 38.5 Å². The summed E-state index contributed by atoms with van der Waals surface area (Å²) in [7, 11) is 0. The van der Waals surface area contributed by atoms with Crippen LogP contribution in [0, 0.1) is 0 Å². The number of aromatic nitrogens is 3. The van der Waals surface area contributed by atoms with Crippen LogP contribution >= 0.6 is 11.3 Å². The molecule has 0 spiro atoms. The fourth-order valence-corrected chi connectivity index (χ4v) is 4.17. The Hall–Kier alpha value is -2.46. The molecule has 0 aliphatic carbocycles. The zero-order valence-electron chi connectivity index (χ0n) is 15.6. The van der Waals surface area contributed by atoms with Crippen molar-refractivity contribution in [3.05, 3.63) is 40.5 Å². The lowest BCUT2D eigenvalue weighted by atomic mass is 10.2. The van der Waals surface area contributed by atoms with Crippen molar-refractivity contribution in [1.29, 1.82) is 0 Å². The topological polar surface area (TPSA) is 68.5 Å². The zero-order chi connectivity index (χ0) is 20.6. The molecule has 6 nitrogen and oxygen atoms in total. The molecule has 3 aromatic heterocycles. The van der Waals surface area contributed by atoms with E-state index in [-0.39, 0.29) is 23.0 Å². The molecule has 1 N–H and O–H groups in total. The van der Waals surface area contributed by atoms with Crippen molar-refractivity contribution in [2.24, 2.45) is 0 Å². The maximum Gasteiger partial charge on any atom is 0.433 e. The van der Waals surface area contributed by atoms with Crippen molar-refractivity contribution in [3.8, 4) is 10.6 Å². The average Bonchev–Trinajstić information content (AvgIpc) is 3.44. The number of nitrogens with zero attached hydrogens (tertiary/aromatic N) is 3. The van der Waals surface area contributed by atoms with Crippen LogP contribution in [0.4, 0.5) is 13.2 Å². The third-order valence-corrected chi connectivity index (χ3v) is 6.04. The minimum atomic E-state index is -4.64. The predicted molar refractivity (Wildman–Crippen MR) is 102 cm³/mol. The molecule has 154 valence electrons. The molecule has 1 fully saturated rings. The molecule has 1 amide bonds. The summed E-state index contributed by atoms with van der Waals surface area (Å²) in [4.78, 5) is 18.6. The summed E-state index contributed by atoms with van der Waals surface area (Å²) in [5.41, 5.74) is -0.918. The van der Waals surface area contributed by atoms with E-state index in [9.17, 15) is 18.0 Å². The second kappa shape index (κ2) is 7.75. The number of carbonyl (C=O) groups is 1. The number of halogens is 3. The largest absolute Gasteiger partial charge is 0.433 e. The van der Waals surface area contributed by atoms with E-state index in [1.54, 1.807) is 6.07 Å². The summed E-state index contributed by atoms with van der Waals surface area (Å²) in [5.74, 6) is -0.520. The molecule has 10 heteroatoms.